The zero-order valence-electron chi connectivity index (χ0n) is 8.52. The zero-order chi connectivity index (χ0) is 9.40. The summed E-state index contributed by atoms with van der Waals surface area (Å²) in [6, 6.07) is 0. The summed E-state index contributed by atoms with van der Waals surface area (Å²) >= 11 is 0. The quantitative estimate of drug-likeness (QED) is 0.631. The summed E-state index contributed by atoms with van der Waals surface area (Å²) in [4.78, 5) is 0. The molecule has 0 aliphatic rings. The highest BCUT2D eigenvalue weighted by Gasteiger charge is 1.94. The molecule has 1 nitrogen and oxygen atoms in total. The topological polar surface area (TPSA) is 12.0 Å². The third-order valence-electron chi connectivity index (χ3n) is 1.70. The molecule has 68 valence electrons. The van der Waals surface area contributed by atoms with E-state index in [9.17, 15) is 0 Å². The van der Waals surface area contributed by atoms with Gasteiger partial charge in [0.1, 0.15) is 0 Å². The molecule has 0 fully saturated rings. The molecule has 0 atom stereocenters. The van der Waals surface area contributed by atoms with Crippen LogP contribution in [-0.2, 0) is 0 Å². The maximum absolute atomic E-state index is 3.18. The molecule has 0 heterocycles. The summed E-state index contributed by atoms with van der Waals surface area (Å²) in [5.74, 6) is 0. The molecule has 0 rings (SSSR count). The fourth-order valence-corrected chi connectivity index (χ4v) is 1.12. The fraction of sp³-hybridized carbons (Fsp3) is 0.455. The highest BCUT2D eigenvalue weighted by Crippen LogP contribution is 2.08. The highest BCUT2D eigenvalue weighted by molar-refractivity contribution is 5.31. The molecule has 0 saturated carbocycles. The normalized spacial score (nSPS) is 14.0. The average Bonchev–Trinajstić information content (AvgIpc) is 2.11. The Balaban J connectivity index is 4.73. The minimum Gasteiger partial charge on any atom is -0.388 e. The van der Waals surface area contributed by atoms with Gasteiger partial charge in [0.15, 0.2) is 0 Å². The van der Waals surface area contributed by atoms with Crippen molar-refractivity contribution in [3.63, 3.8) is 0 Å². The number of hydrogen-bond acceptors (Lipinski definition) is 1. The Hall–Kier alpha value is -0.980. The Morgan fingerprint density at radius 2 is 1.75 bits per heavy atom. The average molecular weight is 165 g/mol. The van der Waals surface area contributed by atoms with Crippen molar-refractivity contribution in [3.8, 4) is 0 Å². The minimum absolute atomic E-state index is 1.06. The number of rotatable bonds is 4. The molecule has 0 spiro atoms. The number of allylic oxidation sites excluding steroid dienone is 5. The van der Waals surface area contributed by atoms with Crippen molar-refractivity contribution >= 4 is 0 Å². The summed E-state index contributed by atoms with van der Waals surface area (Å²) in [6.45, 7) is 6.23. The fourth-order valence-electron chi connectivity index (χ4n) is 1.12. The van der Waals surface area contributed by atoms with E-state index in [-0.39, 0.29) is 0 Å². The van der Waals surface area contributed by atoms with E-state index in [1.165, 1.54) is 11.3 Å². The molecular formula is C11H19N. The van der Waals surface area contributed by atoms with Crippen molar-refractivity contribution in [3.05, 3.63) is 35.6 Å². The Morgan fingerprint density at radius 3 is 2.08 bits per heavy atom. The van der Waals surface area contributed by atoms with Gasteiger partial charge in [-0.25, -0.2) is 0 Å². The van der Waals surface area contributed by atoms with Gasteiger partial charge in [0.05, 0.1) is 0 Å². The monoisotopic (exact) mass is 165 g/mol. The van der Waals surface area contributed by atoms with Crippen LogP contribution in [-0.4, -0.2) is 7.05 Å². The van der Waals surface area contributed by atoms with Crippen LogP contribution in [0.25, 0.3) is 0 Å². The van der Waals surface area contributed by atoms with Crippen molar-refractivity contribution < 1.29 is 0 Å². The van der Waals surface area contributed by atoms with E-state index in [1.54, 1.807) is 0 Å². The van der Waals surface area contributed by atoms with Crippen LogP contribution in [0.1, 0.15) is 27.2 Å². The molecule has 0 amide bonds. The lowest BCUT2D eigenvalue weighted by Crippen LogP contribution is -2.05. The van der Waals surface area contributed by atoms with Gasteiger partial charge in [-0.1, -0.05) is 25.2 Å². The first-order valence-electron chi connectivity index (χ1n) is 4.46. The second-order valence-corrected chi connectivity index (χ2v) is 2.54. The van der Waals surface area contributed by atoms with E-state index < -0.39 is 0 Å². The van der Waals surface area contributed by atoms with Gasteiger partial charge in [0, 0.05) is 12.7 Å². The van der Waals surface area contributed by atoms with Crippen molar-refractivity contribution in [2.24, 2.45) is 0 Å². The van der Waals surface area contributed by atoms with Gasteiger partial charge in [0.25, 0.3) is 0 Å². The largest absolute Gasteiger partial charge is 0.388 e. The lowest BCUT2D eigenvalue weighted by Gasteiger charge is -2.05. The molecule has 1 heteroatoms. The van der Waals surface area contributed by atoms with Crippen LogP contribution in [0.3, 0.4) is 0 Å². The highest BCUT2D eigenvalue weighted by atomic mass is 14.8. The van der Waals surface area contributed by atoms with Crippen LogP contribution in [0.5, 0.6) is 0 Å². The van der Waals surface area contributed by atoms with Gasteiger partial charge in [-0.3, -0.25) is 0 Å². The number of nitrogens with one attached hydrogen (secondary N) is 1. The first-order chi connectivity index (χ1) is 5.79. The van der Waals surface area contributed by atoms with Crippen molar-refractivity contribution in [2.75, 3.05) is 7.05 Å². The summed E-state index contributed by atoms with van der Waals surface area (Å²) in [5, 5.41) is 3.18. The van der Waals surface area contributed by atoms with E-state index in [1.807, 2.05) is 27.0 Å². The van der Waals surface area contributed by atoms with Crippen LogP contribution >= 0.6 is 0 Å². The molecule has 0 unspecified atom stereocenters. The van der Waals surface area contributed by atoms with E-state index >= 15 is 0 Å². The van der Waals surface area contributed by atoms with Crippen LogP contribution in [0, 0.1) is 0 Å². The molecule has 0 bridgehead atoms. The summed E-state index contributed by atoms with van der Waals surface area (Å²) in [6.07, 6.45) is 9.42. The van der Waals surface area contributed by atoms with Crippen molar-refractivity contribution in [1.29, 1.82) is 0 Å². The van der Waals surface area contributed by atoms with E-state index in [0.717, 1.165) is 6.42 Å². The second-order valence-electron chi connectivity index (χ2n) is 2.54. The minimum atomic E-state index is 1.06. The second kappa shape index (κ2) is 6.71. The summed E-state index contributed by atoms with van der Waals surface area (Å²) < 4.78 is 0. The van der Waals surface area contributed by atoms with Crippen LogP contribution < -0.4 is 5.32 Å². The first-order valence-corrected chi connectivity index (χ1v) is 4.46. The Bertz CT molecular complexity index is 175. The Morgan fingerprint density at radius 1 is 1.17 bits per heavy atom. The molecule has 0 aliphatic carbocycles. The van der Waals surface area contributed by atoms with Crippen molar-refractivity contribution in [2.45, 2.75) is 27.2 Å². The molecule has 0 aliphatic heterocycles. The van der Waals surface area contributed by atoms with Crippen molar-refractivity contribution in [1.82, 2.24) is 5.32 Å². The third kappa shape index (κ3) is 3.42. The van der Waals surface area contributed by atoms with Gasteiger partial charge in [-0.05, 0) is 31.9 Å². The third-order valence-corrected chi connectivity index (χ3v) is 1.70. The molecule has 12 heavy (non-hydrogen) atoms. The first kappa shape index (κ1) is 11.0. The lowest BCUT2D eigenvalue weighted by molar-refractivity contribution is 0.976. The van der Waals surface area contributed by atoms with Crippen LogP contribution in [0.4, 0.5) is 0 Å². The summed E-state index contributed by atoms with van der Waals surface area (Å²) in [5.41, 5.74) is 2.55. The maximum atomic E-state index is 3.18. The van der Waals surface area contributed by atoms with Gasteiger partial charge >= 0.3 is 0 Å². The van der Waals surface area contributed by atoms with E-state index in [0.29, 0.717) is 0 Å². The molecule has 0 saturated heterocycles. The molecule has 0 aromatic carbocycles. The van der Waals surface area contributed by atoms with E-state index in [4.69, 9.17) is 0 Å². The molecule has 1 N–H and O–H groups in total. The molecule has 0 radical (unpaired) electrons. The van der Waals surface area contributed by atoms with Gasteiger partial charge in [-0.15, -0.1) is 0 Å². The number of hydrogen-bond donors (Lipinski definition) is 1. The van der Waals surface area contributed by atoms with E-state index in [2.05, 4.69) is 30.5 Å². The molecular weight excluding hydrogens is 146 g/mol. The Labute approximate surface area is 75.9 Å². The van der Waals surface area contributed by atoms with Crippen LogP contribution in [0.2, 0.25) is 0 Å². The van der Waals surface area contributed by atoms with Crippen LogP contribution in [0.15, 0.2) is 35.6 Å². The standard InChI is InChI=1S/C11H19N/c1-5-8-10(7-3)11(12-4)9-6-2/h5-6,8-9,12H,7H2,1-4H3/b8-5-,9-6-,11-10+. The smallest absolute Gasteiger partial charge is 0.0366 e. The zero-order valence-corrected chi connectivity index (χ0v) is 8.52. The lowest BCUT2D eigenvalue weighted by atomic mass is 10.1. The van der Waals surface area contributed by atoms with Gasteiger partial charge in [0.2, 0.25) is 0 Å². The van der Waals surface area contributed by atoms with Gasteiger partial charge in [-0.2, -0.15) is 0 Å². The Kier molecular flexibility index (Phi) is 6.16. The maximum Gasteiger partial charge on any atom is 0.0366 e. The molecule has 0 aromatic heterocycles. The molecule has 0 aromatic rings. The number of likely N-dealkylation sites (N-methyl/N-ethyl adjacent to an activating group) is 1. The predicted octanol–water partition coefficient (Wildman–Crippen LogP) is 3.02. The SMILES string of the molecule is C\C=C/C(CC)=C(\C=C/C)NC. The van der Waals surface area contributed by atoms with Gasteiger partial charge < -0.3 is 5.32 Å². The summed E-state index contributed by atoms with van der Waals surface area (Å²) in [7, 11) is 1.95. The predicted molar refractivity (Wildman–Crippen MR) is 56.0 cm³/mol.